The molecule has 1 fully saturated rings. The van der Waals surface area contributed by atoms with Gasteiger partial charge in [-0.3, -0.25) is 0 Å². The molecule has 1 heterocycles. The average Bonchev–Trinajstić information content (AvgIpc) is 2.60. The largest absolute Gasteiger partial charge is 0.328 e. The van der Waals surface area contributed by atoms with Crippen molar-refractivity contribution in [3.8, 4) is 0 Å². The lowest BCUT2D eigenvalue weighted by molar-refractivity contribution is 0.257. The lowest BCUT2D eigenvalue weighted by Gasteiger charge is -2.32. The summed E-state index contributed by atoms with van der Waals surface area (Å²) in [5.41, 5.74) is 5.79. The first-order valence-electron chi connectivity index (χ1n) is 6.27. The summed E-state index contributed by atoms with van der Waals surface area (Å²) in [4.78, 5) is 0. The van der Waals surface area contributed by atoms with Gasteiger partial charge in [0.25, 0.3) is 0 Å². The monoisotopic (exact) mass is 222 g/mol. The minimum Gasteiger partial charge on any atom is -0.328 e. The van der Waals surface area contributed by atoms with Gasteiger partial charge in [0, 0.05) is 19.0 Å². The molecule has 16 heavy (non-hydrogen) atoms. The fraction of sp³-hybridized carbons (Fsp3) is 0.833. The van der Waals surface area contributed by atoms with Gasteiger partial charge in [0.1, 0.15) is 12.2 Å². The number of aromatic nitrogens is 3. The molecule has 4 nitrogen and oxygen atoms in total. The van der Waals surface area contributed by atoms with Crippen molar-refractivity contribution in [2.24, 2.45) is 17.6 Å². The van der Waals surface area contributed by atoms with E-state index in [2.05, 4.69) is 28.6 Å². The molecule has 0 bridgehead atoms. The number of hydrogen-bond donors (Lipinski definition) is 1. The van der Waals surface area contributed by atoms with Gasteiger partial charge < -0.3 is 10.3 Å². The highest BCUT2D eigenvalue weighted by Crippen LogP contribution is 2.28. The van der Waals surface area contributed by atoms with Crippen molar-refractivity contribution < 1.29 is 0 Å². The molecule has 0 saturated heterocycles. The fourth-order valence-corrected chi connectivity index (χ4v) is 2.23. The highest BCUT2D eigenvalue weighted by Gasteiger charge is 2.27. The molecule has 1 aliphatic carbocycles. The Morgan fingerprint density at radius 2 is 2.25 bits per heavy atom. The summed E-state index contributed by atoms with van der Waals surface area (Å²) in [6.07, 6.45) is 6.39. The second kappa shape index (κ2) is 4.95. The molecule has 0 radical (unpaired) electrons. The third kappa shape index (κ3) is 2.82. The van der Waals surface area contributed by atoms with Crippen molar-refractivity contribution in [3.05, 3.63) is 12.2 Å². The predicted octanol–water partition coefficient (Wildman–Crippen LogP) is 1.60. The summed E-state index contributed by atoms with van der Waals surface area (Å²) in [6, 6.07) is 0.428. The van der Waals surface area contributed by atoms with Gasteiger partial charge in [0.15, 0.2) is 0 Å². The maximum Gasteiger partial charge on any atom is 0.133 e. The molecule has 0 atom stereocenters. The first-order valence-corrected chi connectivity index (χ1v) is 6.27. The summed E-state index contributed by atoms with van der Waals surface area (Å²) < 4.78 is 2.20. The second-order valence-corrected chi connectivity index (χ2v) is 5.42. The quantitative estimate of drug-likeness (QED) is 0.823. The minimum atomic E-state index is 0.428. The van der Waals surface area contributed by atoms with E-state index in [1.54, 1.807) is 0 Å². The van der Waals surface area contributed by atoms with Crippen molar-refractivity contribution in [2.75, 3.05) is 0 Å². The van der Waals surface area contributed by atoms with E-state index >= 15 is 0 Å². The molecule has 0 unspecified atom stereocenters. The number of rotatable bonds is 5. The molecule has 1 aromatic rings. The Hall–Kier alpha value is -0.900. The van der Waals surface area contributed by atoms with Crippen molar-refractivity contribution >= 4 is 0 Å². The number of hydrogen-bond acceptors (Lipinski definition) is 3. The summed E-state index contributed by atoms with van der Waals surface area (Å²) >= 11 is 0. The van der Waals surface area contributed by atoms with Crippen LogP contribution < -0.4 is 5.73 Å². The van der Waals surface area contributed by atoms with Gasteiger partial charge in [-0.25, -0.2) is 0 Å². The normalized spacial score (nSPS) is 24.8. The maximum atomic E-state index is 5.79. The lowest BCUT2D eigenvalue weighted by atomic mass is 9.78. The Bertz CT molecular complexity index is 326. The number of nitrogens with two attached hydrogens (primary N) is 1. The van der Waals surface area contributed by atoms with Gasteiger partial charge in [-0.15, -0.1) is 10.2 Å². The Morgan fingerprint density at radius 1 is 1.50 bits per heavy atom. The zero-order chi connectivity index (χ0) is 11.5. The van der Waals surface area contributed by atoms with E-state index in [4.69, 9.17) is 5.73 Å². The molecule has 90 valence electrons. The molecule has 1 aromatic heterocycles. The molecule has 0 spiro atoms. The van der Waals surface area contributed by atoms with Crippen LogP contribution in [0.3, 0.4) is 0 Å². The molecule has 2 N–H and O–H groups in total. The first kappa shape index (κ1) is 11.6. The van der Waals surface area contributed by atoms with Crippen LogP contribution in [0, 0.1) is 11.8 Å². The first-order chi connectivity index (χ1) is 7.65. The Morgan fingerprint density at radius 3 is 2.88 bits per heavy atom. The predicted molar refractivity (Wildman–Crippen MR) is 63.9 cm³/mol. The Balaban J connectivity index is 1.86. The van der Waals surface area contributed by atoms with E-state index in [9.17, 15) is 0 Å². The summed E-state index contributed by atoms with van der Waals surface area (Å²) in [5.74, 6) is 2.60. The highest BCUT2D eigenvalue weighted by molar-refractivity contribution is 4.94. The molecule has 0 aliphatic heterocycles. The molecule has 2 rings (SSSR count). The van der Waals surface area contributed by atoms with Gasteiger partial charge >= 0.3 is 0 Å². The summed E-state index contributed by atoms with van der Waals surface area (Å²) in [7, 11) is 0. The summed E-state index contributed by atoms with van der Waals surface area (Å²) in [6.45, 7) is 5.53. The van der Waals surface area contributed by atoms with Gasteiger partial charge in [-0.05, 0) is 31.1 Å². The molecular weight excluding hydrogens is 200 g/mol. The molecule has 0 aromatic carbocycles. The van der Waals surface area contributed by atoms with Crippen LogP contribution >= 0.6 is 0 Å². The second-order valence-electron chi connectivity index (χ2n) is 5.42. The van der Waals surface area contributed by atoms with Crippen LogP contribution in [0.15, 0.2) is 6.33 Å². The van der Waals surface area contributed by atoms with Crippen LogP contribution in [0.4, 0.5) is 0 Å². The van der Waals surface area contributed by atoms with Gasteiger partial charge in [-0.1, -0.05) is 13.8 Å². The third-order valence-corrected chi connectivity index (χ3v) is 3.39. The lowest BCUT2D eigenvalue weighted by Crippen LogP contribution is -2.37. The summed E-state index contributed by atoms with van der Waals surface area (Å²) in [5, 5.41) is 8.23. The molecule has 0 amide bonds. The zero-order valence-corrected chi connectivity index (χ0v) is 10.3. The van der Waals surface area contributed by atoms with Crippen LogP contribution in [-0.4, -0.2) is 20.8 Å². The zero-order valence-electron chi connectivity index (χ0n) is 10.3. The number of aryl methyl sites for hydroxylation is 1. The maximum absolute atomic E-state index is 5.79. The van der Waals surface area contributed by atoms with E-state index in [0.29, 0.717) is 6.04 Å². The SMILES string of the molecule is CC(C)CCn1cnnc1CC1CC(N)C1. The topological polar surface area (TPSA) is 56.7 Å². The van der Waals surface area contributed by atoms with E-state index in [0.717, 1.165) is 43.5 Å². The van der Waals surface area contributed by atoms with E-state index in [1.165, 1.54) is 6.42 Å². The van der Waals surface area contributed by atoms with Crippen LogP contribution in [0.25, 0.3) is 0 Å². The minimum absolute atomic E-state index is 0.428. The Kier molecular flexibility index (Phi) is 3.59. The van der Waals surface area contributed by atoms with Crippen LogP contribution in [0.1, 0.15) is 38.9 Å². The average molecular weight is 222 g/mol. The molecular formula is C12H22N4. The van der Waals surface area contributed by atoms with Gasteiger partial charge in [0.2, 0.25) is 0 Å². The Labute approximate surface area is 97.2 Å². The van der Waals surface area contributed by atoms with E-state index in [-0.39, 0.29) is 0 Å². The van der Waals surface area contributed by atoms with Crippen molar-refractivity contribution in [1.29, 1.82) is 0 Å². The van der Waals surface area contributed by atoms with E-state index in [1.807, 2.05) is 6.33 Å². The molecule has 1 saturated carbocycles. The van der Waals surface area contributed by atoms with Gasteiger partial charge in [-0.2, -0.15) is 0 Å². The van der Waals surface area contributed by atoms with Crippen molar-refractivity contribution in [3.63, 3.8) is 0 Å². The van der Waals surface area contributed by atoms with Crippen LogP contribution in [-0.2, 0) is 13.0 Å². The van der Waals surface area contributed by atoms with E-state index < -0.39 is 0 Å². The van der Waals surface area contributed by atoms with Crippen molar-refractivity contribution in [2.45, 2.75) is 52.1 Å². The third-order valence-electron chi connectivity index (χ3n) is 3.39. The smallest absolute Gasteiger partial charge is 0.133 e. The standard InChI is InChI=1S/C12H22N4/c1-9(2)3-4-16-8-14-15-12(16)7-10-5-11(13)6-10/h8-11H,3-7,13H2,1-2H3. The van der Waals surface area contributed by atoms with Crippen molar-refractivity contribution in [1.82, 2.24) is 14.8 Å². The molecule has 4 heteroatoms. The number of nitrogens with zero attached hydrogens (tertiary/aromatic N) is 3. The fourth-order valence-electron chi connectivity index (χ4n) is 2.23. The van der Waals surface area contributed by atoms with Gasteiger partial charge in [0.05, 0.1) is 0 Å². The van der Waals surface area contributed by atoms with Crippen LogP contribution in [0.2, 0.25) is 0 Å². The molecule has 1 aliphatic rings. The highest BCUT2D eigenvalue weighted by atomic mass is 15.3. The van der Waals surface area contributed by atoms with Crippen LogP contribution in [0.5, 0.6) is 0 Å².